The van der Waals surface area contributed by atoms with Gasteiger partial charge in [-0.3, -0.25) is 19.2 Å². The van der Waals surface area contributed by atoms with Gasteiger partial charge in [-0.15, -0.1) is 0 Å². The van der Waals surface area contributed by atoms with Crippen molar-refractivity contribution in [1.29, 1.82) is 0 Å². The van der Waals surface area contributed by atoms with E-state index in [1.54, 1.807) is 0 Å². The number of carboxylic acid groups (broad SMARTS) is 1. The van der Waals surface area contributed by atoms with Crippen molar-refractivity contribution in [3.8, 4) is 0 Å². The molecule has 0 bridgehead atoms. The van der Waals surface area contributed by atoms with Crippen molar-refractivity contribution in [2.45, 2.75) is 51.4 Å². The van der Waals surface area contributed by atoms with Gasteiger partial charge in [0, 0.05) is 0 Å². The third-order valence-corrected chi connectivity index (χ3v) is 3.09. The van der Waals surface area contributed by atoms with Gasteiger partial charge in [0.2, 0.25) is 17.7 Å². The largest absolute Gasteiger partial charge is 0.481 e. The van der Waals surface area contributed by atoms with Gasteiger partial charge in [-0.25, -0.2) is 4.79 Å². The Morgan fingerprint density at radius 2 is 1.44 bits per heavy atom. The van der Waals surface area contributed by atoms with Crippen molar-refractivity contribution in [1.82, 2.24) is 16.0 Å². The molecule has 3 amide bonds. The first-order chi connectivity index (χ1) is 11.5. The smallest absolute Gasteiger partial charge is 0.328 e. The molecule has 0 aliphatic rings. The fraction of sp³-hybridized carbons (Fsp3) is 0.643. The minimum Gasteiger partial charge on any atom is -0.481 e. The number of methoxy groups -OCH3 is 1. The van der Waals surface area contributed by atoms with Gasteiger partial charge < -0.3 is 31.5 Å². The van der Waals surface area contributed by atoms with Crippen LogP contribution < -0.4 is 21.7 Å². The van der Waals surface area contributed by atoms with E-state index in [0.717, 1.165) is 7.11 Å². The number of hydrogen-bond donors (Lipinski definition) is 5. The maximum Gasteiger partial charge on any atom is 0.328 e. The first kappa shape index (κ1) is 22.3. The van der Waals surface area contributed by atoms with E-state index in [9.17, 15) is 24.0 Å². The van der Waals surface area contributed by atoms with Gasteiger partial charge in [-0.05, 0) is 20.8 Å². The zero-order valence-corrected chi connectivity index (χ0v) is 14.5. The molecule has 0 aliphatic carbocycles. The number of nitrogens with two attached hydrogens (primary N) is 1. The highest BCUT2D eigenvalue weighted by molar-refractivity contribution is 5.95. The molecule has 0 rings (SSSR count). The molecule has 6 N–H and O–H groups in total. The highest BCUT2D eigenvalue weighted by Crippen LogP contribution is 1.97. The summed E-state index contributed by atoms with van der Waals surface area (Å²) < 4.78 is 4.44. The highest BCUT2D eigenvalue weighted by atomic mass is 16.5. The van der Waals surface area contributed by atoms with Gasteiger partial charge >= 0.3 is 11.9 Å². The Kier molecular flexibility index (Phi) is 9.13. The summed E-state index contributed by atoms with van der Waals surface area (Å²) >= 11 is 0. The number of esters is 1. The van der Waals surface area contributed by atoms with Crippen molar-refractivity contribution in [3.63, 3.8) is 0 Å². The number of carbonyl (C=O) groups excluding carboxylic acids is 4. The lowest BCUT2D eigenvalue weighted by Crippen LogP contribution is -2.56. The van der Waals surface area contributed by atoms with Gasteiger partial charge in [0.25, 0.3) is 0 Å². The summed E-state index contributed by atoms with van der Waals surface area (Å²) in [5.74, 6) is -4.30. The van der Waals surface area contributed by atoms with E-state index in [1.807, 2.05) is 0 Å². The van der Waals surface area contributed by atoms with Gasteiger partial charge in [0.15, 0.2) is 0 Å². The zero-order valence-electron chi connectivity index (χ0n) is 14.5. The number of carbonyl (C=O) groups is 5. The van der Waals surface area contributed by atoms with Gasteiger partial charge in [-0.1, -0.05) is 0 Å². The lowest BCUT2D eigenvalue weighted by atomic mass is 10.1. The van der Waals surface area contributed by atoms with Crippen molar-refractivity contribution < 1.29 is 33.8 Å². The molecule has 25 heavy (non-hydrogen) atoms. The predicted octanol–water partition coefficient (Wildman–Crippen LogP) is -2.52. The molecule has 0 aromatic heterocycles. The molecule has 11 nitrogen and oxygen atoms in total. The Morgan fingerprint density at radius 1 is 0.920 bits per heavy atom. The minimum atomic E-state index is -1.44. The van der Waals surface area contributed by atoms with E-state index in [0.29, 0.717) is 0 Å². The number of hydrogen-bond acceptors (Lipinski definition) is 7. The van der Waals surface area contributed by atoms with E-state index in [1.165, 1.54) is 20.8 Å². The van der Waals surface area contributed by atoms with E-state index in [2.05, 4.69) is 20.7 Å². The quantitative estimate of drug-likeness (QED) is 0.280. The van der Waals surface area contributed by atoms with Crippen LogP contribution >= 0.6 is 0 Å². The fourth-order valence-corrected chi connectivity index (χ4v) is 1.64. The zero-order chi connectivity index (χ0) is 19.7. The molecular weight excluding hydrogens is 336 g/mol. The summed E-state index contributed by atoms with van der Waals surface area (Å²) in [4.78, 5) is 57.8. The molecule has 0 aromatic carbocycles. The minimum absolute atomic E-state index is 0.582. The molecule has 0 aromatic rings. The van der Waals surface area contributed by atoms with E-state index in [-0.39, 0.29) is 0 Å². The number of rotatable bonds is 9. The van der Waals surface area contributed by atoms with Crippen molar-refractivity contribution >= 4 is 29.7 Å². The van der Waals surface area contributed by atoms with Gasteiger partial charge in [0.1, 0.15) is 18.1 Å². The molecule has 0 radical (unpaired) electrons. The molecule has 0 heterocycles. The van der Waals surface area contributed by atoms with Crippen molar-refractivity contribution in [2.24, 2.45) is 5.73 Å². The topological polar surface area (TPSA) is 177 Å². The van der Waals surface area contributed by atoms with Crippen molar-refractivity contribution in [2.75, 3.05) is 7.11 Å². The normalized spacial score (nSPS) is 15.1. The van der Waals surface area contributed by atoms with E-state index < -0.39 is 60.2 Å². The summed E-state index contributed by atoms with van der Waals surface area (Å²) in [5, 5.41) is 15.7. The van der Waals surface area contributed by atoms with Crippen LogP contribution in [0, 0.1) is 0 Å². The maximum atomic E-state index is 12.1. The van der Waals surface area contributed by atoms with Crippen LogP contribution in [0.2, 0.25) is 0 Å². The molecule has 4 atom stereocenters. The Hall–Kier alpha value is -2.69. The SMILES string of the molecule is COC(=O)[C@@H](C)NC(=O)[C@H](CC(=O)O)NC(=O)[C@@H](C)NC(=O)[C@H](C)N. The fourth-order valence-electron chi connectivity index (χ4n) is 1.64. The van der Waals surface area contributed by atoms with Crippen LogP contribution in [0.4, 0.5) is 0 Å². The molecule has 0 saturated heterocycles. The van der Waals surface area contributed by atoms with E-state index in [4.69, 9.17) is 10.8 Å². The lowest BCUT2D eigenvalue weighted by molar-refractivity contribution is -0.145. The monoisotopic (exact) mass is 360 g/mol. The Labute approximate surface area is 144 Å². The molecule has 0 saturated carbocycles. The number of nitrogens with one attached hydrogen (secondary N) is 3. The average molecular weight is 360 g/mol. The second-order valence-electron chi connectivity index (χ2n) is 5.43. The van der Waals surface area contributed by atoms with Gasteiger partial charge in [-0.2, -0.15) is 0 Å². The predicted molar refractivity (Wildman–Crippen MR) is 85.1 cm³/mol. The number of aliphatic carboxylic acids is 1. The Bertz CT molecular complexity index is 535. The van der Waals surface area contributed by atoms with Crippen molar-refractivity contribution in [3.05, 3.63) is 0 Å². The average Bonchev–Trinajstić information content (AvgIpc) is 2.52. The lowest BCUT2D eigenvalue weighted by Gasteiger charge is -2.22. The summed E-state index contributed by atoms with van der Waals surface area (Å²) in [5.41, 5.74) is 5.37. The molecular formula is C14H24N4O7. The summed E-state index contributed by atoms with van der Waals surface area (Å²) in [6, 6.07) is -4.34. The summed E-state index contributed by atoms with van der Waals surface area (Å²) in [7, 11) is 1.13. The Balaban J connectivity index is 4.94. The number of amides is 3. The molecule has 0 fully saturated rings. The van der Waals surface area contributed by atoms with Crippen LogP contribution in [-0.2, 0) is 28.7 Å². The molecule has 142 valence electrons. The third-order valence-electron chi connectivity index (χ3n) is 3.09. The molecule has 11 heteroatoms. The molecule has 0 aliphatic heterocycles. The van der Waals surface area contributed by atoms with E-state index >= 15 is 0 Å². The third kappa shape index (κ3) is 8.11. The van der Waals surface area contributed by atoms with Crippen LogP contribution in [-0.4, -0.2) is 66.0 Å². The van der Waals surface area contributed by atoms with Crippen LogP contribution in [0.5, 0.6) is 0 Å². The van der Waals surface area contributed by atoms with Crippen LogP contribution in [0.25, 0.3) is 0 Å². The van der Waals surface area contributed by atoms with Crippen LogP contribution in [0.15, 0.2) is 0 Å². The number of carboxylic acids is 1. The summed E-state index contributed by atoms with van der Waals surface area (Å²) in [6.45, 7) is 4.12. The second kappa shape index (κ2) is 10.2. The number of ether oxygens (including phenoxy) is 1. The molecule has 0 spiro atoms. The standard InChI is InChI=1S/C14H24N4O7/c1-6(15)11(21)16-7(2)12(22)18-9(5-10(19)20)13(23)17-8(3)14(24)25-4/h6-9H,5,15H2,1-4H3,(H,16,21)(H,17,23)(H,18,22)(H,19,20)/t6-,7+,8+,9-/m0/s1. The first-order valence-electron chi connectivity index (χ1n) is 7.45. The summed E-state index contributed by atoms with van der Waals surface area (Å²) in [6.07, 6.45) is -0.709. The Morgan fingerprint density at radius 3 is 1.88 bits per heavy atom. The van der Waals surface area contributed by atoms with Crippen LogP contribution in [0.1, 0.15) is 27.2 Å². The van der Waals surface area contributed by atoms with Gasteiger partial charge in [0.05, 0.1) is 19.6 Å². The highest BCUT2D eigenvalue weighted by Gasteiger charge is 2.28. The molecule has 0 unspecified atom stereocenters. The second-order valence-corrected chi connectivity index (χ2v) is 5.43. The van der Waals surface area contributed by atoms with Crippen LogP contribution in [0.3, 0.4) is 0 Å². The maximum absolute atomic E-state index is 12.1. The first-order valence-corrected chi connectivity index (χ1v) is 7.45.